The van der Waals surface area contributed by atoms with Crippen LogP contribution in [0.3, 0.4) is 0 Å². The van der Waals surface area contributed by atoms with E-state index in [0.717, 1.165) is 47.3 Å². The van der Waals surface area contributed by atoms with Crippen LogP contribution in [0.5, 0.6) is 5.75 Å². The molecule has 3 rings (SSSR count). The lowest BCUT2D eigenvalue weighted by Gasteiger charge is -2.17. The summed E-state index contributed by atoms with van der Waals surface area (Å²) in [5.41, 5.74) is 3.14. The van der Waals surface area contributed by atoms with Gasteiger partial charge in [0.05, 0.1) is 18.4 Å². The fourth-order valence-electron chi connectivity index (χ4n) is 3.29. The average molecular weight is 426 g/mol. The number of ether oxygens (including phenoxy) is 2. The zero-order chi connectivity index (χ0) is 21.2. The summed E-state index contributed by atoms with van der Waals surface area (Å²) in [6, 6.07) is 18.2. The molecule has 2 aromatic carbocycles. The van der Waals surface area contributed by atoms with Crippen LogP contribution in [0.15, 0.2) is 59.0 Å². The third kappa shape index (κ3) is 6.38. The lowest BCUT2D eigenvalue weighted by atomic mass is 10.1. The predicted molar refractivity (Wildman–Crippen MR) is 124 cm³/mol. The van der Waals surface area contributed by atoms with E-state index in [2.05, 4.69) is 24.0 Å². The summed E-state index contributed by atoms with van der Waals surface area (Å²) in [5, 5.41) is 0. The minimum absolute atomic E-state index is 0.150. The van der Waals surface area contributed by atoms with Crippen LogP contribution in [0.1, 0.15) is 43.4 Å². The first-order valence-electron chi connectivity index (χ1n) is 10.6. The summed E-state index contributed by atoms with van der Waals surface area (Å²) in [7, 11) is 0. The normalized spacial score (nSPS) is 12.1. The molecule has 1 atom stereocenters. The third-order valence-corrected chi connectivity index (χ3v) is 5.80. The quantitative estimate of drug-likeness (QED) is 0.310. The first-order chi connectivity index (χ1) is 14.7. The fraction of sp³-hybridized carbons (Fsp3) is 0.400. The molecule has 0 N–H and O–H groups in total. The maximum Gasteiger partial charge on any atom is 0.226 e. The molecule has 30 heavy (non-hydrogen) atoms. The number of thioether (sulfide) groups is 1. The van der Waals surface area contributed by atoms with E-state index in [1.165, 1.54) is 5.56 Å². The van der Waals surface area contributed by atoms with E-state index >= 15 is 0 Å². The van der Waals surface area contributed by atoms with Gasteiger partial charge in [0.2, 0.25) is 5.89 Å². The molecule has 5 heteroatoms. The Balaban J connectivity index is 1.53. The van der Waals surface area contributed by atoms with Crippen LogP contribution in [0.25, 0.3) is 11.5 Å². The van der Waals surface area contributed by atoms with Crippen molar-refractivity contribution in [2.45, 2.75) is 39.7 Å². The van der Waals surface area contributed by atoms with Crippen molar-refractivity contribution in [3.05, 3.63) is 71.6 Å². The number of oxazole rings is 1. The lowest BCUT2D eigenvalue weighted by Crippen LogP contribution is -2.06. The van der Waals surface area contributed by atoms with Gasteiger partial charge in [0.15, 0.2) is 0 Å². The van der Waals surface area contributed by atoms with E-state index in [1.54, 1.807) is 0 Å². The SMILES string of the molecule is CCOC(CCSCC)c1ccc(OCCc2nc(-c3ccccc3)oc2C)cc1. The van der Waals surface area contributed by atoms with Crippen molar-refractivity contribution >= 4 is 11.8 Å². The van der Waals surface area contributed by atoms with Crippen molar-refractivity contribution < 1.29 is 13.9 Å². The first-order valence-corrected chi connectivity index (χ1v) is 11.8. The number of hydrogen-bond donors (Lipinski definition) is 0. The molecule has 0 aliphatic heterocycles. The summed E-state index contributed by atoms with van der Waals surface area (Å²) in [4.78, 5) is 4.64. The van der Waals surface area contributed by atoms with Crippen LogP contribution in [0.2, 0.25) is 0 Å². The average Bonchev–Trinajstić information content (AvgIpc) is 3.15. The smallest absolute Gasteiger partial charge is 0.226 e. The number of benzene rings is 2. The summed E-state index contributed by atoms with van der Waals surface area (Å²) >= 11 is 1.95. The Morgan fingerprint density at radius 2 is 1.80 bits per heavy atom. The van der Waals surface area contributed by atoms with Crippen LogP contribution in [-0.2, 0) is 11.2 Å². The van der Waals surface area contributed by atoms with E-state index in [-0.39, 0.29) is 6.10 Å². The van der Waals surface area contributed by atoms with Gasteiger partial charge in [0, 0.05) is 18.6 Å². The first kappa shape index (κ1) is 22.4. The van der Waals surface area contributed by atoms with Crippen molar-refractivity contribution in [3.8, 4) is 17.2 Å². The molecule has 0 fully saturated rings. The Morgan fingerprint density at radius 1 is 1.03 bits per heavy atom. The maximum atomic E-state index is 5.95. The number of rotatable bonds is 12. The van der Waals surface area contributed by atoms with Gasteiger partial charge in [0.1, 0.15) is 11.5 Å². The molecule has 0 saturated carbocycles. The second-order valence-corrected chi connectivity index (χ2v) is 8.38. The highest BCUT2D eigenvalue weighted by Crippen LogP contribution is 2.26. The summed E-state index contributed by atoms with van der Waals surface area (Å²) in [5.74, 6) is 4.62. The number of aromatic nitrogens is 1. The van der Waals surface area contributed by atoms with Crippen LogP contribution in [0, 0.1) is 6.92 Å². The van der Waals surface area contributed by atoms with Gasteiger partial charge in [-0.1, -0.05) is 37.3 Å². The topological polar surface area (TPSA) is 44.5 Å². The number of aryl methyl sites for hydroxylation is 1. The van der Waals surface area contributed by atoms with Crippen LogP contribution in [-0.4, -0.2) is 29.7 Å². The van der Waals surface area contributed by atoms with Crippen molar-refractivity contribution in [2.24, 2.45) is 0 Å². The second-order valence-electron chi connectivity index (χ2n) is 6.99. The molecule has 0 aliphatic carbocycles. The van der Waals surface area contributed by atoms with Crippen LogP contribution >= 0.6 is 11.8 Å². The van der Waals surface area contributed by atoms with Gasteiger partial charge in [-0.2, -0.15) is 11.8 Å². The molecule has 0 spiro atoms. The second kappa shape index (κ2) is 11.8. The summed E-state index contributed by atoms with van der Waals surface area (Å²) < 4.78 is 17.7. The van der Waals surface area contributed by atoms with Gasteiger partial charge in [-0.05, 0) is 61.6 Å². The van der Waals surface area contributed by atoms with Gasteiger partial charge >= 0.3 is 0 Å². The molecule has 0 saturated heterocycles. The molecule has 160 valence electrons. The van der Waals surface area contributed by atoms with E-state index in [4.69, 9.17) is 13.9 Å². The van der Waals surface area contributed by atoms with Gasteiger partial charge in [-0.3, -0.25) is 0 Å². The predicted octanol–water partition coefficient (Wildman–Crippen LogP) is 6.49. The highest BCUT2D eigenvalue weighted by atomic mass is 32.2. The van der Waals surface area contributed by atoms with Crippen molar-refractivity contribution in [1.29, 1.82) is 0 Å². The lowest BCUT2D eigenvalue weighted by molar-refractivity contribution is 0.0606. The maximum absolute atomic E-state index is 5.95. The highest BCUT2D eigenvalue weighted by molar-refractivity contribution is 7.99. The van der Waals surface area contributed by atoms with Crippen molar-refractivity contribution in [3.63, 3.8) is 0 Å². The van der Waals surface area contributed by atoms with Gasteiger partial charge in [0.25, 0.3) is 0 Å². The molecular weight excluding hydrogens is 394 g/mol. The highest BCUT2D eigenvalue weighted by Gasteiger charge is 2.13. The fourth-order valence-corrected chi connectivity index (χ4v) is 3.96. The molecule has 0 radical (unpaired) electrons. The Bertz CT molecular complexity index is 877. The van der Waals surface area contributed by atoms with Crippen molar-refractivity contribution in [1.82, 2.24) is 4.98 Å². The summed E-state index contributed by atoms with van der Waals surface area (Å²) in [6.45, 7) is 7.47. The molecule has 1 aromatic heterocycles. The summed E-state index contributed by atoms with van der Waals surface area (Å²) in [6.07, 6.45) is 1.89. The van der Waals surface area contributed by atoms with E-state index in [1.807, 2.05) is 68.1 Å². The minimum atomic E-state index is 0.150. The Morgan fingerprint density at radius 3 is 2.50 bits per heavy atom. The largest absolute Gasteiger partial charge is 0.493 e. The van der Waals surface area contributed by atoms with Gasteiger partial charge in [-0.25, -0.2) is 4.98 Å². The standard InChI is InChI=1S/C25H31NO3S/c1-4-27-24(16-18-30-5-2)20-11-13-22(14-12-20)28-17-15-23-19(3)29-25(26-23)21-9-7-6-8-10-21/h6-14,24H,4-5,15-18H2,1-3H3. The monoisotopic (exact) mass is 425 g/mol. The van der Waals surface area contributed by atoms with E-state index < -0.39 is 0 Å². The number of nitrogens with zero attached hydrogens (tertiary/aromatic N) is 1. The third-order valence-electron chi connectivity index (χ3n) is 4.87. The molecular formula is C25H31NO3S. The zero-order valence-electron chi connectivity index (χ0n) is 18.1. The molecule has 1 heterocycles. The van der Waals surface area contributed by atoms with E-state index in [0.29, 0.717) is 18.9 Å². The van der Waals surface area contributed by atoms with Crippen LogP contribution < -0.4 is 4.74 Å². The molecule has 4 nitrogen and oxygen atoms in total. The molecule has 1 unspecified atom stereocenters. The molecule has 3 aromatic rings. The van der Waals surface area contributed by atoms with Crippen LogP contribution in [0.4, 0.5) is 0 Å². The Labute approximate surface area is 184 Å². The number of hydrogen-bond acceptors (Lipinski definition) is 5. The molecule has 0 bridgehead atoms. The van der Waals surface area contributed by atoms with Gasteiger partial charge < -0.3 is 13.9 Å². The minimum Gasteiger partial charge on any atom is -0.493 e. The van der Waals surface area contributed by atoms with Crippen molar-refractivity contribution in [2.75, 3.05) is 24.7 Å². The Hall–Kier alpha value is -2.24. The molecule has 0 amide bonds. The van der Waals surface area contributed by atoms with Gasteiger partial charge in [-0.15, -0.1) is 0 Å². The zero-order valence-corrected chi connectivity index (χ0v) is 18.9. The van der Waals surface area contributed by atoms with E-state index in [9.17, 15) is 0 Å². The molecule has 0 aliphatic rings. The Kier molecular flexibility index (Phi) is 8.84.